The number of aryl methyl sites for hydroxylation is 1. The lowest BCUT2D eigenvalue weighted by molar-refractivity contribution is 0.0917. The van der Waals surface area contributed by atoms with E-state index < -0.39 is 10.0 Å². The van der Waals surface area contributed by atoms with Crippen molar-refractivity contribution in [2.45, 2.75) is 32.4 Å². The van der Waals surface area contributed by atoms with Crippen LogP contribution in [-0.4, -0.2) is 51.7 Å². The molecule has 2 aromatic rings. The number of nitrogens with one attached hydrogen (secondary N) is 1. The molecule has 0 spiro atoms. The molecule has 156 valence electrons. The van der Waals surface area contributed by atoms with Crippen molar-refractivity contribution >= 4 is 21.6 Å². The predicted octanol–water partition coefficient (Wildman–Crippen LogP) is 2.79. The van der Waals surface area contributed by atoms with Crippen molar-refractivity contribution in [1.82, 2.24) is 10.2 Å². The molecule has 3 rings (SSSR count). The van der Waals surface area contributed by atoms with Crippen molar-refractivity contribution in [1.29, 1.82) is 0 Å². The van der Waals surface area contributed by atoms with Crippen LogP contribution in [0.1, 0.15) is 34.3 Å². The monoisotopic (exact) mass is 415 g/mol. The maximum Gasteiger partial charge on any atom is 0.251 e. The fourth-order valence-corrected chi connectivity index (χ4v) is 4.42. The van der Waals surface area contributed by atoms with Crippen LogP contribution in [0.2, 0.25) is 0 Å². The number of carbonyl (C=O) groups is 1. The number of piperidine rings is 1. The highest BCUT2D eigenvalue weighted by Gasteiger charge is 2.21. The number of sulfonamides is 1. The first-order valence-electron chi connectivity index (χ1n) is 9.86. The smallest absolute Gasteiger partial charge is 0.251 e. The van der Waals surface area contributed by atoms with Gasteiger partial charge in [-0.05, 0) is 75.3 Å². The van der Waals surface area contributed by atoms with Crippen molar-refractivity contribution in [3.05, 3.63) is 65.2 Å². The quantitative estimate of drug-likeness (QED) is 0.788. The fraction of sp³-hybridized carbons (Fsp3) is 0.409. The topological polar surface area (TPSA) is 69.7 Å². The van der Waals surface area contributed by atoms with Crippen LogP contribution < -0.4 is 9.62 Å². The van der Waals surface area contributed by atoms with E-state index in [1.807, 2.05) is 31.2 Å². The zero-order chi connectivity index (χ0) is 21.0. The molecule has 0 aromatic heterocycles. The highest BCUT2D eigenvalue weighted by atomic mass is 32.2. The summed E-state index contributed by atoms with van der Waals surface area (Å²) in [6, 6.07) is 14.7. The second-order valence-electron chi connectivity index (χ2n) is 7.79. The predicted molar refractivity (Wildman–Crippen MR) is 117 cm³/mol. The molecule has 7 heteroatoms. The van der Waals surface area contributed by atoms with Crippen LogP contribution in [0.25, 0.3) is 0 Å². The van der Waals surface area contributed by atoms with Crippen LogP contribution in [0, 0.1) is 6.92 Å². The third kappa shape index (κ3) is 5.58. The van der Waals surface area contributed by atoms with Crippen LogP contribution in [0.15, 0.2) is 48.5 Å². The van der Waals surface area contributed by atoms with E-state index in [1.165, 1.54) is 10.6 Å². The third-order valence-electron chi connectivity index (χ3n) is 5.45. The lowest BCUT2D eigenvalue weighted by Gasteiger charge is -2.29. The minimum absolute atomic E-state index is 0.115. The summed E-state index contributed by atoms with van der Waals surface area (Å²) in [6.07, 6.45) is 3.09. The Morgan fingerprint density at radius 3 is 2.31 bits per heavy atom. The maximum atomic E-state index is 12.6. The van der Waals surface area contributed by atoms with Gasteiger partial charge in [0.15, 0.2) is 0 Å². The van der Waals surface area contributed by atoms with Gasteiger partial charge in [-0.2, -0.15) is 0 Å². The molecule has 1 N–H and O–H groups in total. The number of amides is 1. The molecule has 1 aliphatic rings. The van der Waals surface area contributed by atoms with Crippen LogP contribution in [-0.2, 0) is 16.6 Å². The third-order valence-corrected chi connectivity index (χ3v) is 6.59. The summed E-state index contributed by atoms with van der Waals surface area (Å²) in [7, 11) is -1.38. The molecule has 6 nitrogen and oxygen atoms in total. The van der Waals surface area contributed by atoms with Crippen LogP contribution in [0.3, 0.4) is 0 Å². The Morgan fingerprint density at radius 2 is 1.72 bits per heavy atom. The van der Waals surface area contributed by atoms with Gasteiger partial charge < -0.3 is 10.2 Å². The zero-order valence-electron chi connectivity index (χ0n) is 17.3. The van der Waals surface area contributed by atoms with Crippen LogP contribution in [0.5, 0.6) is 0 Å². The first kappa shape index (κ1) is 21.3. The molecule has 1 saturated heterocycles. The Hall–Kier alpha value is -2.38. The largest absolute Gasteiger partial charge is 0.349 e. The van der Waals surface area contributed by atoms with Crippen molar-refractivity contribution < 1.29 is 13.2 Å². The number of benzene rings is 2. The first-order valence-corrected chi connectivity index (χ1v) is 11.7. The Balaban J connectivity index is 1.74. The lowest BCUT2D eigenvalue weighted by Crippen LogP contribution is -2.43. The average molecular weight is 416 g/mol. The number of anilines is 1. The van der Waals surface area contributed by atoms with Gasteiger partial charge in [0.25, 0.3) is 5.91 Å². The standard InChI is InChI=1S/C22H29N3O3S/c1-17-6-4-5-7-19(17)16-25(29(3,27)28)21-10-8-18(9-11-21)22(26)23-20-12-14-24(2)15-13-20/h4-11,20H,12-16H2,1-3H3,(H,23,26). The van der Waals surface area contributed by atoms with Crippen molar-refractivity contribution in [2.24, 2.45) is 0 Å². The van der Waals surface area contributed by atoms with Gasteiger partial charge in [-0.3, -0.25) is 9.10 Å². The van der Waals surface area contributed by atoms with E-state index in [0.29, 0.717) is 11.3 Å². The van der Waals surface area contributed by atoms with E-state index in [1.54, 1.807) is 24.3 Å². The molecule has 0 unspecified atom stereocenters. The molecule has 0 bridgehead atoms. The van der Waals surface area contributed by atoms with Gasteiger partial charge in [-0.15, -0.1) is 0 Å². The first-order chi connectivity index (χ1) is 13.7. The normalized spacial score (nSPS) is 15.8. The van der Waals surface area contributed by atoms with Crippen LogP contribution >= 0.6 is 0 Å². The number of carbonyl (C=O) groups excluding carboxylic acids is 1. The molecule has 2 aromatic carbocycles. The SMILES string of the molecule is Cc1ccccc1CN(c1ccc(C(=O)NC2CCN(C)CC2)cc1)S(C)(=O)=O. The molecular weight excluding hydrogens is 386 g/mol. The molecule has 29 heavy (non-hydrogen) atoms. The minimum Gasteiger partial charge on any atom is -0.349 e. The second-order valence-corrected chi connectivity index (χ2v) is 9.70. The molecule has 1 fully saturated rings. The van der Waals surface area contributed by atoms with E-state index in [9.17, 15) is 13.2 Å². The van der Waals surface area contributed by atoms with Crippen molar-refractivity contribution in [3.63, 3.8) is 0 Å². The number of hydrogen-bond acceptors (Lipinski definition) is 4. The summed E-state index contributed by atoms with van der Waals surface area (Å²) in [5.74, 6) is -0.115. The molecular formula is C22H29N3O3S. The maximum absolute atomic E-state index is 12.6. The summed E-state index contributed by atoms with van der Waals surface area (Å²) >= 11 is 0. The molecule has 0 aliphatic carbocycles. The van der Waals surface area contributed by atoms with E-state index in [4.69, 9.17) is 0 Å². The molecule has 0 radical (unpaired) electrons. The van der Waals surface area contributed by atoms with Gasteiger partial charge in [0.2, 0.25) is 10.0 Å². The number of nitrogens with zero attached hydrogens (tertiary/aromatic N) is 2. The van der Waals surface area contributed by atoms with Crippen molar-refractivity contribution in [2.75, 3.05) is 30.7 Å². The number of likely N-dealkylation sites (tertiary alicyclic amines) is 1. The summed E-state index contributed by atoms with van der Waals surface area (Å²) < 4.78 is 26.2. The van der Waals surface area contributed by atoms with E-state index in [0.717, 1.165) is 37.1 Å². The highest BCUT2D eigenvalue weighted by Crippen LogP contribution is 2.22. The van der Waals surface area contributed by atoms with E-state index >= 15 is 0 Å². The lowest BCUT2D eigenvalue weighted by atomic mass is 10.0. The Bertz CT molecular complexity index is 950. The van der Waals surface area contributed by atoms with Gasteiger partial charge >= 0.3 is 0 Å². The second kappa shape index (κ2) is 8.97. The Labute approximate surface area is 173 Å². The average Bonchev–Trinajstić information content (AvgIpc) is 2.68. The van der Waals surface area contributed by atoms with Gasteiger partial charge in [-0.25, -0.2) is 8.42 Å². The molecule has 1 aliphatic heterocycles. The summed E-state index contributed by atoms with van der Waals surface area (Å²) in [5.41, 5.74) is 3.07. The van der Waals surface area contributed by atoms with E-state index in [2.05, 4.69) is 17.3 Å². The summed E-state index contributed by atoms with van der Waals surface area (Å²) in [6.45, 7) is 4.18. The van der Waals surface area contributed by atoms with E-state index in [-0.39, 0.29) is 18.5 Å². The summed E-state index contributed by atoms with van der Waals surface area (Å²) in [5, 5.41) is 3.08. The van der Waals surface area contributed by atoms with Crippen LogP contribution in [0.4, 0.5) is 5.69 Å². The highest BCUT2D eigenvalue weighted by molar-refractivity contribution is 7.92. The van der Waals surface area contributed by atoms with Crippen molar-refractivity contribution in [3.8, 4) is 0 Å². The molecule has 1 amide bonds. The number of rotatable bonds is 6. The molecule has 0 saturated carbocycles. The number of hydrogen-bond donors (Lipinski definition) is 1. The fourth-order valence-electron chi connectivity index (χ4n) is 3.54. The molecule has 1 heterocycles. The Kier molecular flexibility index (Phi) is 6.59. The van der Waals surface area contributed by atoms with Gasteiger partial charge in [0.1, 0.15) is 0 Å². The minimum atomic E-state index is -3.47. The Morgan fingerprint density at radius 1 is 1.10 bits per heavy atom. The molecule has 0 atom stereocenters. The van der Waals surface area contributed by atoms with Gasteiger partial charge in [-0.1, -0.05) is 24.3 Å². The van der Waals surface area contributed by atoms with Gasteiger partial charge in [0, 0.05) is 11.6 Å². The summed E-state index contributed by atoms with van der Waals surface area (Å²) in [4.78, 5) is 14.8. The zero-order valence-corrected chi connectivity index (χ0v) is 18.1. The van der Waals surface area contributed by atoms with Gasteiger partial charge in [0.05, 0.1) is 18.5 Å².